The fourth-order valence-electron chi connectivity index (χ4n) is 1.89. The van der Waals surface area contributed by atoms with Crippen LogP contribution >= 0.6 is 0 Å². The van der Waals surface area contributed by atoms with Gasteiger partial charge in [-0.3, -0.25) is 4.79 Å². The molecule has 5 heteroatoms. The number of carboxylic acids is 1. The number of carbonyl (C=O) groups excluding carboxylic acids is 1. The third kappa shape index (κ3) is 4.07. The fraction of sp³-hybridized carbons (Fsp3) is 0.125. The van der Waals surface area contributed by atoms with Crippen LogP contribution in [0.1, 0.15) is 21.5 Å². The van der Waals surface area contributed by atoms with E-state index in [-0.39, 0.29) is 5.91 Å². The summed E-state index contributed by atoms with van der Waals surface area (Å²) >= 11 is 0. The number of rotatable bonds is 5. The van der Waals surface area contributed by atoms with Gasteiger partial charge in [-0.2, -0.15) is 0 Å². The molecule has 1 N–H and O–H groups in total. The minimum Gasteiger partial charge on any atom is -0.478 e. The van der Waals surface area contributed by atoms with E-state index in [1.165, 1.54) is 6.08 Å². The van der Waals surface area contributed by atoms with E-state index in [9.17, 15) is 9.59 Å². The highest BCUT2D eigenvalue weighted by Gasteiger charge is 2.12. The van der Waals surface area contributed by atoms with E-state index in [4.69, 9.17) is 9.52 Å². The van der Waals surface area contributed by atoms with E-state index >= 15 is 0 Å². The molecule has 0 spiro atoms. The number of aliphatic carboxylic acids is 1. The highest BCUT2D eigenvalue weighted by Crippen LogP contribution is 2.12. The molecule has 1 aromatic heterocycles. The van der Waals surface area contributed by atoms with Crippen LogP contribution in [-0.4, -0.2) is 28.9 Å². The molecule has 2 aromatic rings. The highest BCUT2D eigenvalue weighted by atomic mass is 16.4. The molecule has 0 aliphatic heterocycles. The Morgan fingerprint density at radius 3 is 2.81 bits per heavy atom. The first kappa shape index (κ1) is 14.6. The Labute approximate surface area is 122 Å². The van der Waals surface area contributed by atoms with Crippen LogP contribution in [-0.2, 0) is 11.3 Å². The Hall–Kier alpha value is -2.82. The van der Waals surface area contributed by atoms with Crippen LogP contribution in [0.2, 0.25) is 0 Å². The second-order valence-electron chi connectivity index (χ2n) is 4.59. The second-order valence-corrected chi connectivity index (χ2v) is 4.59. The normalized spacial score (nSPS) is 10.7. The first-order chi connectivity index (χ1) is 10.1. The smallest absolute Gasteiger partial charge is 0.328 e. The summed E-state index contributed by atoms with van der Waals surface area (Å²) in [5.74, 6) is -1.16. The average molecular weight is 285 g/mol. The third-order valence-corrected chi connectivity index (χ3v) is 2.90. The molecule has 2 rings (SSSR count). The SMILES string of the molecule is CN(Cc1ccoc1)C(=O)c1cccc(C=CC(=O)O)c1. The van der Waals surface area contributed by atoms with Crippen LogP contribution in [0.25, 0.3) is 6.08 Å². The molecule has 0 saturated carbocycles. The Bertz CT molecular complexity index is 659. The van der Waals surface area contributed by atoms with E-state index in [1.54, 1.807) is 54.8 Å². The zero-order valence-electron chi connectivity index (χ0n) is 11.5. The molecule has 0 radical (unpaired) electrons. The lowest BCUT2D eigenvalue weighted by molar-refractivity contribution is -0.131. The maximum atomic E-state index is 12.3. The lowest BCUT2D eigenvalue weighted by Crippen LogP contribution is -2.25. The molecule has 0 aliphatic carbocycles. The van der Waals surface area contributed by atoms with Crippen LogP contribution < -0.4 is 0 Å². The molecule has 1 heterocycles. The minimum absolute atomic E-state index is 0.137. The second kappa shape index (κ2) is 6.56. The van der Waals surface area contributed by atoms with Crippen molar-refractivity contribution in [2.45, 2.75) is 6.54 Å². The van der Waals surface area contributed by atoms with E-state index < -0.39 is 5.97 Å². The molecule has 0 fully saturated rings. The number of carbonyl (C=O) groups is 2. The van der Waals surface area contributed by atoms with Crippen molar-refractivity contribution in [3.63, 3.8) is 0 Å². The molecule has 0 bridgehead atoms. The van der Waals surface area contributed by atoms with E-state index in [2.05, 4.69) is 0 Å². The van der Waals surface area contributed by atoms with Crippen molar-refractivity contribution in [2.24, 2.45) is 0 Å². The van der Waals surface area contributed by atoms with E-state index in [0.717, 1.165) is 11.6 Å². The number of nitrogens with zero attached hydrogens (tertiary/aromatic N) is 1. The predicted octanol–water partition coefficient (Wildman–Crippen LogP) is 2.65. The molecule has 1 aromatic carbocycles. The highest BCUT2D eigenvalue weighted by molar-refractivity contribution is 5.95. The van der Waals surface area contributed by atoms with Crippen molar-refractivity contribution in [1.29, 1.82) is 0 Å². The van der Waals surface area contributed by atoms with Gasteiger partial charge >= 0.3 is 5.97 Å². The van der Waals surface area contributed by atoms with Crippen LogP contribution in [0.4, 0.5) is 0 Å². The molecule has 108 valence electrons. The van der Waals surface area contributed by atoms with Crippen molar-refractivity contribution in [3.8, 4) is 0 Å². The fourth-order valence-corrected chi connectivity index (χ4v) is 1.89. The lowest BCUT2D eigenvalue weighted by atomic mass is 10.1. The van der Waals surface area contributed by atoms with Crippen molar-refractivity contribution >= 4 is 18.0 Å². The molecule has 21 heavy (non-hydrogen) atoms. The predicted molar refractivity (Wildman–Crippen MR) is 77.6 cm³/mol. The Kier molecular flexibility index (Phi) is 4.56. The number of benzene rings is 1. The first-order valence-electron chi connectivity index (χ1n) is 6.34. The Morgan fingerprint density at radius 2 is 2.14 bits per heavy atom. The molecule has 1 amide bonds. The van der Waals surface area contributed by atoms with Crippen molar-refractivity contribution < 1.29 is 19.1 Å². The standard InChI is InChI=1S/C16H15NO4/c1-17(10-13-7-8-21-11-13)16(20)14-4-2-3-12(9-14)5-6-15(18)19/h2-9,11H,10H2,1H3,(H,18,19). The number of carboxylic acid groups (broad SMARTS) is 1. The van der Waals surface area contributed by atoms with Gasteiger partial charge < -0.3 is 14.4 Å². The third-order valence-electron chi connectivity index (χ3n) is 2.90. The van der Waals surface area contributed by atoms with Gasteiger partial charge in [0.05, 0.1) is 12.5 Å². The molecule has 0 saturated heterocycles. The first-order valence-corrected chi connectivity index (χ1v) is 6.34. The average Bonchev–Trinajstić information content (AvgIpc) is 2.97. The monoisotopic (exact) mass is 285 g/mol. The van der Waals surface area contributed by atoms with Gasteiger partial charge in [-0.1, -0.05) is 12.1 Å². The van der Waals surface area contributed by atoms with Gasteiger partial charge in [-0.25, -0.2) is 4.79 Å². The summed E-state index contributed by atoms with van der Waals surface area (Å²) in [4.78, 5) is 24.4. The van der Waals surface area contributed by atoms with Crippen molar-refractivity contribution in [1.82, 2.24) is 4.90 Å². The van der Waals surface area contributed by atoms with Crippen molar-refractivity contribution in [2.75, 3.05) is 7.05 Å². The zero-order chi connectivity index (χ0) is 15.2. The quantitative estimate of drug-likeness (QED) is 0.857. The van der Waals surface area contributed by atoms with Gasteiger partial charge in [-0.05, 0) is 29.8 Å². The molecule has 0 atom stereocenters. The summed E-state index contributed by atoms with van der Waals surface area (Å²) in [5.41, 5.74) is 2.08. The topological polar surface area (TPSA) is 70.8 Å². The van der Waals surface area contributed by atoms with Crippen molar-refractivity contribution in [3.05, 3.63) is 65.6 Å². The van der Waals surface area contributed by atoms with Gasteiger partial charge in [0, 0.05) is 30.8 Å². The largest absolute Gasteiger partial charge is 0.478 e. The molecular formula is C16H15NO4. The van der Waals surface area contributed by atoms with Crippen LogP contribution in [0.15, 0.2) is 53.4 Å². The number of amides is 1. The number of hydrogen-bond donors (Lipinski definition) is 1. The summed E-state index contributed by atoms with van der Waals surface area (Å²) < 4.78 is 4.97. The molecule has 0 aliphatic rings. The lowest BCUT2D eigenvalue weighted by Gasteiger charge is -2.16. The minimum atomic E-state index is -1.02. The number of hydrogen-bond acceptors (Lipinski definition) is 3. The van der Waals surface area contributed by atoms with Gasteiger partial charge in [0.15, 0.2) is 0 Å². The molecule has 5 nitrogen and oxygen atoms in total. The summed E-state index contributed by atoms with van der Waals surface area (Å²) in [6.07, 6.45) is 5.65. The van der Waals surface area contributed by atoms with E-state index in [0.29, 0.717) is 17.7 Å². The molecular weight excluding hydrogens is 270 g/mol. The Morgan fingerprint density at radius 1 is 1.33 bits per heavy atom. The number of furan rings is 1. The Balaban J connectivity index is 2.11. The molecule has 0 unspecified atom stereocenters. The van der Waals surface area contributed by atoms with Crippen LogP contribution in [0, 0.1) is 0 Å². The van der Waals surface area contributed by atoms with Gasteiger partial charge in [-0.15, -0.1) is 0 Å². The zero-order valence-corrected chi connectivity index (χ0v) is 11.5. The van der Waals surface area contributed by atoms with Crippen LogP contribution in [0.3, 0.4) is 0 Å². The summed E-state index contributed by atoms with van der Waals surface area (Å²) in [6, 6.07) is 8.63. The van der Waals surface area contributed by atoms with Gasteiger partial charge in [0.2, 0.25) is 0 Å². The summed E-state index contributed by atoms with van der Waals surface area (Å²) in [7, 11) is 1.70. The van der Waals surface area contributed by atoms with E-state index in [1.807, 2.05) is 0 Å². The maximum absolute atomic E-state index is 12.3. The van der Waals surface area contributed by atoms with Gasteiger partial charge in [0.25, 0.3) is 5.91 Å². The summed E-state index contributed by atoms with van der Waals surface area (Å²) in [5, 5.41) is 8.61. The summed E-state index contributed by atoms with van der Waals surface area (Å²) in [6.45, 7) is 0.449. The van der Waals surface area contributed by atoms with Gasteiger partial charge in [0.1, 0.15) is 0 Å². The maximum Gasteiger partial charge on any atom is 0.328 e. The van der Waals surface area contributed by atoms with Crippen LogP contribution in [0.5, 0.6) is 0 Å².